The normalized spacial score (nSPS) is 15.0. The lowest BCUT2D eigenvalue weighted by atomic mass is 9.97. The van der Waals surface area contributed by atoms with E-state index in [9.17, 15) is 18.0 Å². The highest BCUT2D eigenvalue weighted by Gasteiger charge is 2.30. The molecule has 1 amide bonds. The molecule has 1 fully saturated rings. The summed E-state index contributed by atoms with van der Waals surface area (Å²) in [5.41, 5.74) is 0.451. The SMILES string of the molecule is COC(=O)C1CCN(C(=O)c2sc(NS(=O)(=O)c3ccc(OC)cc3)nc2C)CC1. The van der Waals surface area contributed by atoms with Gasteiger partial charge in [-0.2, -0.15) is 0 Å². The Labute approximate surface area is 179 Å². The minimum absolute atomic E-state index is 0.0638. The van der Waals surface area contributed by atoms with Crippen LogP contribution in [0.15, 0.2) is 29.2 Å². The molecule has 0 radical (unpaired) electrons. The molecule has 11 heteroatoms. The highest BCUT2D eigenvalue weighted by molar-refractivity contribution is 7.93. The molecule has 9 nitrogen and oxygen atoms in total. The van der Waals surface area contributed by atoms with Crippen molar-refractivity contribution < 1.29 is 27.5 Å². The zero-order valence-electron chi connectivity index (χ0n) is 16.9. The molecule has 0 aliphatic carbocycles. The second kappa shape index (κ2) is 9.00. The fraction of sp³-hybridized carbons (Fsp3) is 0.421. The van der Waals surface area contributed by atoms with Crippen LogP contribution < -0.4 is 9.46 Å². The molecule has 0 bridgehead atoms. The minimum atomic E-state index is -3.85. The van der Waals surface area contributed by atoms with Gasteiger partial charge in [-0.05, 0) is 44.0 Å². The summed E-state index contributed by atoms with van der Waals surface area (Å²) in [6, 6.07) is 5.96. The number of esters is 1. The van der Waals surface area contributed by atoms with E-state index in [4.69, 9.17) is 9.47 Å². The Kier molecular flexibility index (Phi) is 6.61. The smallest absolute Gasteiger partial charge is 0.308 e. The predicted molar refractivity (Wildman–Crippen MR) is 111 cm³/mol. The van der Waals surface area contributed by atoms with E-state index < -0.39 is 10.0 Å². The van der Waals surface area contributed by atoms with Gasteiger partial charge in [-0.1, -0.05) is 11.3 Å². The third-order valence-electron chi connectivity index (χ3n) is 4.90. The molecule has 162 valence electrons. The molecule has 0 saturated carbocycles. The van der Waals surface area contributed by atoms with E-state index in [0.29, 0.717) is 42.3 Å². The van der Waals surface area contributed by atoms with Gasteiger partial charge in [0, 0.05) is 13.1 Å². The number of likely N-dealkylation sites (tertiary alicyclic amines) is 1. The third kappa shape index (κ3) is 4.73. The third-order valence-corrected chi connectivity index (χ3v) is 7.44. The number of aryl methyl sites for hydroxylation is 1. The van der Waals surface area contributed by atoms with Gasteiger partial charge in [0.15, 0.2) is 5.13 Å². The molecule has 3 rings (SSSR count). The second-order valence-corrected chi connectivity index (χ2v) is 9.49. The zero-order chi connectivity index (χ0) is 21.9. The number of nitrogens with zero attached hydrogens (tertiary/aromatic N) is 2. The van der Waals surface area contributed by atoms with Crippen LogP contribution in [0, 0.1) is 12.8 Å². The number of benzene rings is 1. The molecular formula is C19H23N3O6S2. The van der Waals surface area contributed by atoms with Crippen LogP contribution in [0.1, 0.15) is 28.2 Å². The fourth-order valence-electron chi connectivity index (χ4n) is 3.20. The van der Waals surface area contributed by atoms with Crippen LogP contribution >= 0.6 is 11.3 Å². The number of sulfonamides is 1. The molecule has 1 aliphatic heterocycles. The zero-order valence-corrected chi connectivity index (χ0v) is 18.5. The summed E-state index contributed by atoms with van der Waals surface area (Å²) in [5, 5.41) is 0.121. The van der Waals surface area contributed by atoms with Gasteiger partial charge in [-0.3, -0.25) is 14.3 Å². The lowest BCUT2D eigenvalue weighted by Gasteiger charge is -2.30. The van der Waals surface area contributed by atoms with Crippen molar-refractivity contribution in [2.45, 2.75) is 24.7 Å². The van der Waals surface area contributed by atoms with Crippen molar-refractivity contribution in [2.75, 3.05) is 32.0 Å². The molecule has 1 aliphatic rings. The number of thiazole rings is 1. The maximum atomic E-state index is 12.9. The summed E-state index contributed by atoms with van der Waals surface area (Å²) < 4.78 is 37.4. The number of nitrogens with one attached hydrogen (secondary N) is 1. The molecule has 2 aromatic rings. The number of methoxy groups -OCH3 is 2. The first-order valence-electron chi connectivity index (χ1n) is 9.26. The predicted octanol–water partition coefficient (Wildman–Crippen LogP) is 2.29. The Balaban J connectivity index is 1.70. The monoisotopic (exact) mass is 453 g/mol. The summed E-state index contributed by atoms with van der Waals surface area (Å²) in [6.45, 7) is 2.53. The summed E-state index contributed by atoms with van der Waals surface area (Å²) in [6.07, 6.45) is 1.07. The quantitative estimate of drug-likeness (QED) is 0.667. The average Bonchev–Trinajstić information content (AvgIpc) is 3.11. The molecule has 0 atom stereocenters. The van der Waals surface area contributed by atoms with Gasteiger partial charge in [0.1, 0.15) is 10.6 Å². The highest BCUT2D eigenvalue weighted by atomic mass is 32.2. The van der Waals surface area contributed by atoms with Gasteiger partial charge in [0.25, 0.3) is 15.9 Å². The molecule has 0 unspecified atom stereocenters. The van der Waals surface area contributed by atoms with Gasteiger partial charge in [-0.15, -0.1) is 0 Å². The van der Waals surface area contributed by atoms with Crippen LogP contribution in [0.3, 0.4) is 0 Å². The summed E-state index contributed by atoms with van der Waals surface area (Å²) >= 11 is 0.993. The number of anilines is 1. The van der Waals surface area contributed by atoms with Gasteiger partial charge >= 0.3 is 5.97 Å². The van der Waals surface area contributed by atoms with E-state index >= 15 is 0 Å². The topological polar surface area (TPSA) is 115 Å². The first-order valence-corrected chi connectivity index (χ1v) is 11.6. The number of carbonyl (C=O) groups is 2. The number of ether oxygens (including phenoxy) is 2. The Hall–Kier alpha value is -2.66. The Morgan fingerprint density at radius 3 is 2.37 bits per heavy atom. The fourth-order valence-corrected chi connectivity index (χ4v) is 5.37. The first kappa shape index (κ1) is 22.0. The van der Waals surface area contributed by atoms with Crippen LogP contribution in [0.5, 0.6) is 5.75 Å². The summed E-state index contributed by atoms with van der Waals surface area (Å²) in [5.74, 6) is -0.133. The van der Waals surface area contributed by atoms with Gasteiger partial charge in [-0.25, -0.2) is 13.4 Å². The Bertz CT molecular complexity index is 1030. The number of hydrogen-bond donors (Lipinski definition) is 1. The molecule has 2 heterocycles. The lowest BCUT2D eigenvalue weighted by molar-refractivity contribution is -0.146. The van der Waals surface area contributed by atoms with Gasteiger partial charge < -0.3 is 14.4 Å². The second-order valence-electron chi connectivity index (χ2n) is 6.80. The van der Waals surface area contributed by atoms with Crippen molar-refractivity contribution >= 4 is 38.4 Å². The lowest BCUT2D eigenvalue weighted by Crippen LogP contribution is -2.40. The van der Waals surface area contributed by atoms with Crippen molar-refractivity contribution in [2.24, 2.45) is 5.92 Å². The molecular weight excluding hydrogens is 430 g/mol. The molecule has 1 N–H and O–H groups in total. The molecule has 30 heavy (non-hydrogen) atoms. The van der Waals surface area contributed by atoms with Crippen molar-refractivity contribution in [3.05, 3.63) is 34.8 Å². The molecule has 0 spiro atoms. The number of hydrogen-bond acceptors (Lipinski definition) is 8. The van der Waals surface area contributed by atoms with Crippen molar-refractivity contribution in [1.29, 1.82) is 0 Å². The van der Waals surface area contributed by atoms with Crippen LogP contribution in [0.2, 0.25) is 0 Å². The van der Waals surface area contributed by atoms with Crippen LogP contribution in [-0.4, -0.2) is 57.5 Å². The standard InChI is InChI=1S/C19H23N3O6S2/c1-12-16(17(23)22-10-8-13(9-11-22)18(24)28-3)29-19(20-12)21-30(25,26)15-6-4-14(27-2)5-7-15/h4-7,13H,8-11H2,1-3H3,(H,20,21). The summed E-state index contributed by atoms with van der Waals surface area (Å²) in [4.78, 5) is 30.8. The summed E-state index contributed by atoms with van der Waals surface area (Å²) in [7, 11) is -0.993. The van der Waals surface area contributed by atoms with Crippen molar-refractivity contribution in [3.8, 4) is 5.75 Å². The van der Waals surface area contributed by atoms with Crippen molar-refractivity contribution in [3.63, 3.8) is 0 Å². The maximum Gasteiger partial charge on any atom is 0.308 e. The van der Waals surface area contributed by atoms with Crippen LogP contribution in [-0.2, 0) is 19.6 Å². The van der Waals surface area contributed by atoms with E-state index in [2.05, 4.69) is 9.71 Å². The van der Waals surface area contributed by atoms with Crippen LogP contribution in [0.25, 0.3) is 0 Å². The van der Waals surface area contributed by atoms with E-state index in [1.54, 1.807) is 24.0 Å². The Morgan fingerprint density at radius 1 is 1.17 bits per heavy atom. The van der Waals surface area contributed by atoms with Gasteiger partial charge in [0.05, 0.1) is 30.7 Å². The van der Waals surface area contributed by atoms with E-state index in [0.717, 1.165) is 11.3 Å². The van der Waals surface area contributed by atoms with E-state index in [1.807, 2.05) is 0 Å². The number of piperidine rings is 1. The van der Waals surface area contributed by atoms with E-state index in [1.165, 1.54) is 26.4 Å². The highest BCUT2D eigenvalue weighted by Crippen LogP contribution is 2.28. The number of aromatic nitrogens is 1. The minimum Gasteiger partial charge on any atom is -0.497 e. The maximum absolute atomic E-state index is 12.9. The Morgan fingerprint density at radius 2 is 1.80 bits per heavy atom. The van der Waals surface area contributed by atoms with E-state index in [-0.39, 0.29) is 27.8 Å². The molecule has 1 aromatic carbocycles. The largest absolute Gasteiger partial charge is 0.497 e. The number of amides is 1. The number of carbonyl (C=O) groups excluding carboxylic acids is 2. The average molecular weight is 454 g/mol. The molecule has 1 saturated heterocycles. The van der Waals surface area contributed by atoms with Crippen LogP contribution in [0.4, 0.5) is 5.13 Å². The first-order chi connectivity index (χ1) is 14.2. The number of rotatable bonds is 6. The van der Waals surface area contributed by atoms with Crippen molar-refractivity contribution in [1.82, 2.24) is 9.88 Å². The molecule has 1 aromatic heterocycles. The van der Waals surface area contributed by atoms with Gasteiger partial charge in [0.2, 0.25) is 0 Å².